The molecule has 0 saturated carbocycles. The number of hydrogen-bond acceptors (Lipinski definition) is 4. The molecule has 0 spiro atoms. The fourth-order valence-corrected chi connectivity index (χ4v) is 1.40. The van der Waals surface area contributed by atoms with Crippen LogP contribution in [0.3, 0.4) is 0 Å². The molecule has 1 aromatic heterocycles. The van der Waals surface area contributed by atoms with Gasteiger partial charge in [0.2, 0.25) is 5.56 Å². The van der Waals surface area contributed by atoms with Crippen molar-refractivity contribution in [1.29, 1.82) is 0 Å². The lowest BCUT2D eigenvalue weighted by Crippen LogP contribution is -2.23. The molecule has 0 aliphatic carbocycles. The van der Waals surface area contributed by atoms with Gasteiger partial charge in [-0.2, -0.15) is 0 Å². The van der Waals surface area contributed by atoms with Crippen LogP contribution in [0.1, 0.15) is 23.7 Å². The van der Waals surface area contributed by atoms with E-state index in [1.165, 1.54) is 12.3 Å². The van der Waals surface area contributed by atoms with Crippen LogP contribution in [0.25, 0.3) is 0 Å². The highest BCUT2D eigenvalue weighted by Crippen LogP contribution is 2.20. The molecule has 2 atom stereocenters. The molecule has 0 saturated heterocycles. The van der Waals surface area contributed by atoms with Crippen LogP contribution < -0.4 is 5.56 Å². The van der Waals surface area contributed by atoms with Crippen molar-refractivity contribution in [2.45, 2.75) is 25.6 Å². The average molecular weight is 227 g/mol. The van der Waals surface area contributed by atoms with Crippen LogP contribution in [0.2, 0.25) is 0 Å². The molecule has 6 heteroatoms. The van der Waals surface area contributed by atoms with Crippen molar-refractivity contribution >= 4 is 5.97 Å². The van der Waals surface area contributed by atoms with E-state index in [1.807, 2.05) is 0 Å². The number of hydrogen-bond donors (Lipinski definition) is 4. The van der Waals surface area contributed by atoms with Crippen molar-refractivity contribution in [2.75, 3.05) is 0 Å². The first kappa shape index (κ1) is 12.4. The van der Waals surface area contributed by atoms with Gasteiger partial charge >= 0.3 is 5.97 Å². The van der Waals surface area contributed by atoms with Crippen molar-refractivity contribution in [1.82, 2.24) is 4.98 Å². The zero-order valence-electron chi connectivity index (χ0n) is 8.67. The number of aromatic amines is 1. The van der Waals surface area contributed by atoms with Crippen molar-refractivity contribution in [3.8, 4) is 0 Å². The van der Waals surface area contributed by atoms with Crippen molar-refractivity contribution in [2.24, 2.45) is 0 Å². The van der Waals surface area contributed by atoms with Crippen molar-refractivity contribution < 1.29 is 20.1 Å². The normalized spacial score (nSPS) is 14.4. The van der Waals surface area contributed by atoms with Crippen molar-refractivity contribution in [3.05, 3.63) is 33.7 Å². The Morgan fingerprint density at radius 1 is 1.50 bits per heavy atom. The van der Waals surface area contributed by atoms with E-state index >= 15 is 0 Å². The van der Waals surface area contributed by atoms with Gasteiger partial charge < -0.3 is 20.3 Å². The summed E-state index contributed by atoms with van der Waals surface area (Å²) in [4.78, 5) is 23.6. The number of aliphatic hydroxyl groups excluding tert-OH is 2. The largest absolute Gasteiger partial charge is 0.481 e. The topological polar surface area (TPSA) is 111 Å². The molecule has 1 rings (SSSR count). The predicted octanol–water partition coefficient (Wildman–Crippen LogP) is -0.448. The van der Waals surface area contributed by atoms with E-state index in [-0.39, 0.29) is 5.56 Å². The van der Waals surface area contributed by atoms with E-state index in [9.17, 15) is 19.8 Å². The number of carbonyl (C=O) groups is 1. The maximum atomic E-state index is 10.9. The van der Waals surface area contributed by atoms with Gasteiger partial charge in [-0.05, 0) is 12.5 Å². The molecular weight excluding hydrogens is 214 g/mol. The van der Waals surface area contributed by atoms with Gasteiger partial charge in [0.15, 0.2) is 0 Å². The minimum atomic E-state index is -1.40. The monoisotopic (exact) mass is 227 g/mol. The number of aliphatic carboxylic acids is 1. The summed E-state index contributed by atoms with van der Waals surface area (Å²) >= 11 is 0. The molecule has 1 heterocycles. The standard InChI is InChI=1S/C10H13NO5/c1-5-2-8(13)11-4-6(5)10(16)7(12)3-9(14)15/h2,4,7,10,12,16H,3H2,1H3,(H,11,13)(H,14,15). The molecular formula is C10H13NO5. The molecule has 0 radical (unpaired) electrons. The van der Waals surface area contributed by atoms with E-state index in [0.717, 1.165) is 0 Å². The Balaban J connectivity index is 2.91. The van der Waals surface area contributed by atoms with E-state index in [4.69, 9.17) is 5.11 Å². The highest BCUT2D eigenvalue weighted by molar-refractivity contribution is 5.67. The fourth-order valence-electron chi connectivity index (χ4n) is 1.40. The first-order chi connectivity index (χ1) is 7.41. The molecule has 6 nitrogen and oxygen atoms in total. The summed E-state index contributed by atoms with van der Waals surface area (Å²) in [6.45, 7) is 1.60. The summed E-state index contributed by atoms with van der Waals surface area (Å²) in [5.41, 5.74) is 0.496. The van der Waals surface area contributed by atoms with Gasteiger partial charge in [0.25, 0.3) is 0 Å². The molecule has 0 amide bonds. The Morgan fingerprint density at radius 2 is 2.12 bits per heavy atom. The lowest BCUT2D eigenvalue weighted by atomic mass is 10.00. The minimum Gasteiger partial charge on any atom is -0.481 e. The zero-order valence-corrected chi connectivity index (χ0v) is 8.67. The molecule has 16 heavy (non-hydrogen) atoms. The summed E-state index contributed by atoms with van der Waals surface area (Å²) in [6, 6.07) is 1.27. The molecule has 1 aromatic rings. The minimum absolute atomic E-state index is 0.313. The van der Waals surface area contributed by atoms with Crippen LogP contribution in [0.15, 0.2) is 17.1 Å². The van der Waals surface area contributed by atoms with Crippen LogP contribution in [-0.2, 0) is 4.79 Å². The van der Waals surface area contributed by atoms with E-state index in [2.05, 4.69) is 4.98 Å². The van der Waals surface area contributed by atoms with Gasteiger partial charge in [-0.1, -0.05) is 0 Å². The average Bonchev–Trinajstić information content (AvgIpc) is 2.15. The molecule has 0 fully saturated rings. The molecule has 2 unspecified atom stereocenters. The first-order valence-corrected chi connectivity index (χ1v) is 4.69. The summed E-state index contributed by atoms with van der Waals surface area (Å²) in [5, 5.41) is 27.6. The third kappa shape index (κ3) is 2.91. The van der Waals surface area contributed by atoms with Gasteiger partial charge in [0.05, 0.1) is 12.5 Å². The molecule has 0 bridgehead atoms. The maximum Gasteiger partial charge on any atom is 0.306 e. The third-order valence-corrected chi connectivity index (χ3v) is 2.24. The Bertz CT molecular complexity index is 439. The summed E-state index contributed by atoms with van der Waals surface area (Å²) in [7, 11) is 0. The van der Waals surface area contributed by atoms with Crippen LogP contribution in [-0.4, -0.2) is 32.4 Å². The van der Waals surface area contributed by atoms with Gasteiger partial charge in [-0.25, -0.2) is 0 Å². The van der Waals surface area contributed by atoms with Crippen LogP contribution in [0, 0.1) is 6.92 Å². The second-order valence-electron chi connectivity index (χ2n) is 3.55. The van der Waals surface area contributed by atoms with Gasteiger partial charge in [-0.3, -0.25) is 9.59 Å². The Labute approximate surface area is 91.2 Å². The molecule has 88 valence electrons. The van der Waals surface area contributed by atoms with Crippen LogP contribution in [0.4, 0.5) is 0 Å². The van der Waals surface area contributed by atoms with Gasteiger partial charge in [0, 0.05) is 17.8 Å². The zero-order chi connectivity index (χ0) is 12.3. The van der Waals surface area contributed by atoms with E-state index in [1.54, 1.807) is 6.92 Å². The van der Waals surface area contributed by atoms with Crippen molar-refractivity contribution in [3.63, 3.8) is 0 Å². The SMILES string of the molecule is Cc1cc(=O)[nH]cc1C(O)C(O)CC(=O)O. The number of H-pyrrole nitrogens is 1. The number of rotatable bonds is 4. The highest BCUT2D eigenvalue weighted by atomic mass is 16.4. The lowest BCUT2D eigenvalue weighted by molar-refractivity contribution is -0.141. The molecule has 0 aromatic carbocycles. The quantitative estimate of drug-likeness (QED) is 0.557. The number of aromatic nitrogens is 1. The van der Waals surface area contributed by atoms with Gasteiger partial charge in [-0.15, -0.1) is 0 Å². The van der Waals surface area contributed by atoms with Crippen LogP contribution >= 0.6 is 0 Å². The number of pyridine rings is 1. The predicted molar refractivity (Wildman–Crippen MR) is 55.0 cm³/mol. The second-order valence-corrected chi connectivity index (χ2v) is 3.55. The molecule has 4 N–H and O–H groups in total. The Kier molecular flexibility index (Phi) is 3.81. The highest BCUT2D eigenvalue weighted by Gasteiger charge is 2.22. The Morgan fingerprint density at radius 3 is 2.62 bits per heavy atom. The summed E-state index contributed by atoms with van der Waals surface area (Å²) in [6.07, 6.45) is -2.01. The number of carboxylic acid groups (broad SMARTS) is 1. The maximum absolute atomic E-state index is 10.9. The van der Waals surface area contributed by atoms with E-state index in [0.29, 0.717) is 11.1 Å². The summed E-state index contributed by atoms with van der Waals surface area (Å²) < 4.78 is 0. The Hall–Kier alpha value is -1.66. The molecule has 0 aliphatic heterocycles. The fraction of sp³-hybridized carbons (Fsp3) is 0.400. The van der Waals surface area contributed by atoms with Gasteiger partial charge in [0.1, 0.15) is 6.10 Å². The lowest BCUT2D eigenvalue weighted by Gasteiger charge is -2.17. The van der Waals surface area contributed by atoms with E-state index < -0.39 is 24.6 Å². The number of aryl methyl sites for hydroxylation is 1. The second kappa shape index (κ2) is 4.91. The summed E-state index contributed by atoms with van der Waals surface area (Å²) in [5.74, 6) is -1.20. The third-order valence-electron chi connectivity index (χ3n) is 2.24. The molecule has 0 aliphatic rings. The smallest absolute Gasteiger partial charge is 0.306 e. The first-order valence-electron chi connectivity index (χ1n) is 4.69. The number of nitrogens with one attached hydrogen (secondary N) is 1. The number of carboxylic acids is 1. The van der Waals surface area contributed by atoms with Crippen LogP contribution in [0.5, 0.6) is 0 Å². The number of aliphatic hydroxyl groups is 2.